The van der Waals surface area contributed by atoms with Crippen molar-refractivity contribution in [3.05, 3.63) is 69.9 Å². The topological polar surface area (TPSA) is 52.0 Å². The van der Waals surface area contributed by atoms with E-state index in [1.807, 2.05) is 36.7 Å². The number of thiazole rings is 1. The zero-order valence-electron chi connectivity index (χ0n) is 13.3. The van der Waals surface area contributed by atoms with E-state index in [4.69, 9.17) is 0 Å². The van der Waals surface area contributed by atoms with Crippen molar-refractivity contribution in [1.29, 1.82) is 0 Å². The van der Waals surface area contributed by atoms with Crippen molar-refractivity contribution in [2.45, 2.75) is 37.0 Å². The van der Waals surface area contributed by atoms with Crippen molar-refractivity contribution in [2.75, 3.05) is 0 Å². The average Bonchev–Trinajstić information content (AvgIpc) is 3.24. The van der Waals surface area contributed by atoms with Gasteiger partial charge in [0.2, 0.25) is 0 Å². The summed E-state index contributed by atoms with van der Waals surface area (Å²) in [5.74, 6) is 0.305. The van der Waals surface area contributed by atoms with Gasteiger partial charge in [0, 0.05) is 29.4 Å². The molecule has 0 spiro atoms. The molecule has 0 bridgehead atoms. The summed E-state index contributed by atoms with van der Waals surface area (Å²) in [5.41, 5.74) is 3.09. The van der Waals surface area contributed by atoms with Crippen LogP contribution in [0.15, 0.2) is 53.0 Å². The summed E-state index contributed by atoms with van der Waals surface area (Å²) in [4.78, 5) is 4.75. The van der Waals surface area contributed by atoms with E-state index >= 15 is 0 Å². The molecule has 6 heteroatoms. The zero-order chi connectivity index (χ0) is 16.7. The van der Waals surface area contributed by atoms with E-state index in [1.54, 1.807) is 29.7 Å². The highest BCUT2D eigenvalue weighted by molar-refractivity contribution is 7.90. The van der Waals surface area contributed by atoms with Gasteiger partial charge in [-0.1, -0.05) is 17.7 Å². The van der Waals surface area contributed by atoms with Gasteiger partial charge < -0.3 is 0 Å². The molecule has 4 nitrogen and oxygen atoms in total. The quantitative estimate of drug-likeness (QED) is 0.716. The minimum atomic E-state index is -3.55. The van der Waals surface area contributed by atoms with Crippen LogP contribution in [0.2, 0.25) is 0 Å². The van der Waals surface area contributed by atoms with Gasteiger partial charge in [0.1, 0.15) is 0 Å². The highest BCUT2D eigenvalue weighted by atomic mass is 32.2. The van der Waals surface area contributed by atoms with E-state index in [-0.39, 0.29) is 0 Å². The fourth-order valence-electron chi connectivity index (χ4n) is 3.30. The SMILES string of the molecule is Cc1ccc(S(=O)(=O)n2ccc3c2CC(c2nccs2)CC3)cc1. The predicted molar refractivity (Wildman–Crippen MR) is 95.1 cm³/mol. The maximum absolute atomic E-state index is 13.0. The number of fused-ring (bicyclic) bond motifs is 1. The average molecular weight is 358 g/mol. The van der Waals surface area contributed by atoms with E-state index in [0.29, 0.717) is 10.8 Å². The summed E-state index contributed by atoms with van der Waals surface area (Å²) in [5, 5.41) is 3.08. The van der Waals surface area contributed by atoms with Crippen LogP contribution in [0.5, 0.6) is 0 Å². The van der Waals surface area contributed by atoms with Crippen LogP contribution in [-0.2, 0) is 22.9 Å². The van der Waals surface area contributed by atoms with E-state index < -0.39 is 10.0 Å². The highest BCUT2D eigenvalue weighted by Crippen LogP contribution is 2.35. The van der Waals surface area contributed by atoms with Gasteiger partial charge in [-0.15, -0.1) is 11.3 Å². The van der Waals surface area contributed by atoms with Crippen molar-refractivity contribution in [1.82, 2.24) is 8.96 Å². The Balaban J connectivity index is 1.74. The number of aromatic nitrogens is 2. The predicted octanol–water partition coefficient (Wildman–Crippen LogP) is 3.76. The Morgan fingerprint density at radius 2 is 2.00 bits per heavy atom. The van der Waals surface area contributed by atoms with Crippen LogP contribution in [-0.4, -0.2) is 17.4 Å². The Hall–Kier alpha value is -1.92. The van der Waals surface area contributed by atoms with Crippen molar-refractivity contribution >= 4 is 21.4 Å². The summed E-state index contributed by atoms with van der Waals surface area (Å²) in [6.45, 7) is 1.95. The molecule has 3 aromatic rings. The van der Waals surface area contributed by atoms with Crippen LogP contribution >= 0.6 is 11.3 Å². The number of nitrogens with zero attached hydrogens (tertiary/aromatic N) is 2. The molecule has 1 aliphatic rings. The Morgan fingerprint density at radius 1 is 1.21 bits per heavy atom. The van der Waals surface area contributed by atoms with Gasteiger partial charge in [-0.3, -0.25) is 0 Å². The molecule has 1 aromatic carbocycles. The van der Waals surface area contributed by atoms with Gasteiger partial charge in [-0.05, 0) is 49.9 Å². The van der Waals surface area contributed by atoms with Crippen LogP contribution in [0.3, 0.4) is 0 Å². The smallest absolute Gasteiger partial charge is 0.249 e. The summed E-state index contributed by atoms with van der Waals surface area (Å²) >= 11 is 1.65. The largest absolute Gasteiger partial charge is 0.267 e. The molecule has 0 amide bonds. The van der Waals surface area contributed by atoms with Gasteiger partial charge in [0.05, 0.1) is 9.90 Å². The Kier molecular flexibility index (Phi) is 3.81. The Bertz CT molecular complexity index is 955. The van der Waals surface area contributed by atoms with Gasteiger partial charge >= 0.3 is 0 Å². The first-order chi connectivity index (χ1) is 11.6. The van der Waals surface area contributed by atoms with Crippen molar-refractivity contribution < 1.29 is 8.42 Å². The molecular formula is C18H18N2O2S2. The zero-order valence-corrected chi connectivity index (χ0v) is 15.0. The van der Waals surface area contributed by atoms with Crippen LogP contribution in [0.1, 0.15) is 34.2 Å². The first-order valence-corrected chi connectivity index (χ1v) is 10.3. The molecule has 1 unspecified atom stereocenters. The van der Waals surface area contributed by atoms with E-state index in [0.717, 1.165) is 41.1 Å². The first-order valence-electron chi connectivity index (χ1n) is 7.96. The molecule has 1 atom stereocenters. The van der Waals surface area contributed by atoms with Gasteiger partial charge in [0.15, 0.2) is 0 Å². The molecule has 2 aromatic heterocycles. The lowest BCUT2D eigenvalue weighted by Crippen LogP contribution is -2.20. The van der Waals surface area contributed by atoms with Crippen LogP contribution in [0.25, 0.3) is 0 Å². The van der Waals surface area contributed by atoms with Crippen LogP contribution in [0, 0.1) is 6.92 Å². The fraction of sp³-hybridized carbons (Fsp3) is 0.278. The van der Waals surface area contributed by atoms with E-state index in [2.05, 4.69) is 4.98 Å². The summed E-state index contributed by atoms with van der Waals surface area (Å²) in [6, 6.07) is 8.97. The third-order valence-electron chi connectivity index (χ3n) is 4.63. The molecule has 0 saturated carbocycles. The minimum absolute atomic E-state index is 0.305. The first kappa shape index (κ1) is 15.6. The van der Waals surface area contributed by atoms with E-state index in [1.165, 1.54) is 3.97 Å². The van der Waals surface area contributed by atoms with Crippen molar-refractivity contribution in [2.24, 2.45) is 0 Å². The standard InChI is InChI=1S/C18H18N2O2S2/c1-13-2-6-16(7-3-13)24(21,22)20-10-8-14-4-5-15(12-17(14)20)18-19-9-11-23-18/h2-3,6-11,15H,4-5,12H2,1H3. The Labute approximate surface area is 145 Å². The monoisotopic (exact) mass is 358 g/mol. The van der Waals surface area contributed by atoms with Crippen LogP contribution in [0.4, 0.5) is 0 Å². The number of benzene rings is 1. The maximum atomic E-state index is 13.0. The highest BCUT2D eigenvalue weighted by Gasteiger charge is 2.28. The molecule has 2 heterocycles. The van der Waals surface area contributed by atoms with Crippen molar-refractivity contribution in [3.63, 3.8) is 0 Å². The molecule has 24 heavy (non-hydrogen) atoms. The van der Waals surface area contributed by atoms with Gasteiger partial charge in [0.25, 0.3) is 10.0 Å². The molecule has 4 rings (SSSR count). The molecule has 124 valence electrons. The normalized spacial score (nSPS) is 17.6. The number of aryl methyl sites for hydroxylation is 2. The van der Waals surface area contributed by atoms with Gasteiger partial charge in [-0.25, -0.2) is 17.4 Å². The van der Waals surface area contributed by atoms with E-state index in [9.17, 15) is 8.42 Å². The number of hydrogen-bond donors (Lipinski definition) is 0. The maximum Gasteiger partial charge on any atom is 0.267 e. The van der Waals surface area contributed by atoms with Crippen molar-refractivity contribution in [3.8, 4) is 0 Å². The molecule has 0 saturated heterocycles. The lowest BCUT2D eigenvalue weighted by Gasteiger charge is -2.22. The summed E-state index contributed by atoms with van der Waals surface area (Å²) in [7, 11) is -3.55. The second-order valence-corrected chi connectivity index (χ2v) is 8.95. The lowest BCUT2D eigenvalue weighted by atomic mass is 9.88. The molecular weight excluding hydrogens is 340 g/mol. The molecule has 0 aliphatic heterocycles. The summed E-state index contributed by atoms with van der Waals surface area (Å²) in [6.07, 6.45) is 6.16. The lowest BCUT2D eigenvalue weighted by molar-refractivity contribution is 0.557. The molecule has 0 radical (unpaired) electrons. The Morgan fingerprint density at radius 3 is 2.71 bits per heavy atom. The number of rotatable bonds is 3. The second-order valence-electron chi connectivity index (χ2n) is 6.21. The third kappa shape index (κ3) is 2.59. The molecule has 0 fully saturated rings. The fourth-order valence-corrected chi connectivity index (χ4v) is 5.48. The summed E-state index contributed by atoms with van der Waals surface area (Å²) < 4.78 is 27.5. The third-order valence-corrected chi connectivity index (χ3v) is 7.29. The molecule has 1 aliphatic carbocycles. The van der Waals surface area contributed by atoms with Crippen LogP contribution < -0.4 is 0 Å². The second kappa shape index (κ2) is 5.86. The minimum Gasteiger partial charge on any atom is -0.249 e. The number of hydrogen-bond acceptors (Lipinski definition) is 4. The van der Waals surface area contributed by atoms with Gasteiger partial charge in [-0.2, -0.15) is 0 Å². The molecule has 0 N–H and O–H groups in total.